The third-order valence-corrected chi connectivity index (χ3v) is 5.89. The third-order valence-electron chi connectivity index (χ3n) is 5.89. The molecule has 1 unspecified atom stereocenters. The Labute approximate surface area is 192 Å². The molecule has 1 aromatic carbocycles. The predicted molar refractivity (Wildman–Crippen MR) is 123 cm³/mol. The van der Waals surface area contributed by atoms with Crippen molar-refractivity contribution in [2.24, 2.45) is 5.92 Å². The van der Waals surface area contributed by atoms with Crippen molar-refractivity contribution in [2.45, 2.75) is 71.5 Å². The highest BCUT2D eigenvalue weighted by atomic mass is 16.8. The molecule has 0 spiro atoms. The van der Waals surface area contributed by atoms with Crippen LogP contribution in [0, 0.1) is 5.92 Å². The van der Waals surface area contributed by atoms with Crippen molar-refractivity contribution in [3.63, 3.8) is 0 Å². The number of anilines is 1. The number of hydrogen-bond acceptors (Lipinski definition) is 8. The lowest BCUT2D eigenvalue weighted by Gasteiger charge is -2.24. The summed E-state index contributed by atoms with van der Waals surface area (Å²) < 4.78 is 25.8. The average molecular weight is 455 g/mol. The molecule has 0 saturated carbocycles. The molecule has 5 rings (SSSR count). The number of fused-ring (bicyclic) bond motifs is 4. The van der Waals surface area contributed by atoms with E-state index >= 15 is 0 Å². The SMILES string of the molecule is CC(=O)OC[C@H]1OC(Nc2nc3ccccc3c3c2ncn3CC(C)C)[C@@H]2OC(C)(C)O[C@H]12. The molecule has 0 bridgehead atoms. The van der Waals surface area contributed by atoms with Crippen molar-refractivity contribution >= 4 is 33.7 Å². The number of pyridine rings is 1. The van der Waals surface area contributed by atoms with Gasteiger partial charge in [0.15, 0.2) is 17.8 Å². The van der Waals surface area contributed by atoms with E-state index in [0.29, 0.717) is 11.7 Å². The third kappa shape index (κ3) is 4.16. The Balaban J connectivity index is 1.51. The van der Waals surface area contributed by atoms with E-state index in [2.05, 4.69) is 29.8 Å². The molecule has 9 nitrogen and oxygen atoms in total. The lowest BCUT2D eigenvalue weighted by Crippen LogP contribution is -2.35. The summed E-state index contributed by atoms with van der Waals surface area (Å²) in [5, 5.41) is 4.47. The van der Waals surface area contributed by atoms with E-state index in [1.807, 2.05) is 38.4 Å². The highest BCUT2D eigenvalue weighted by molar-refractivity contribution is 6.06. The predicted octanol–water partition coefficient (Wildman–Crippen LogP) is 3.46. The molecule has 2 saturated heterocycles. The fourth-order valence-corrected chi connectivity index (χ4v) is 4.68. The van der Waals surface area contributed by atoms with Gasteiger partial charge in [0.25, 0.3) is 0 Å². The maximum Gasteiger partial charge on any atom is 0.302 e. The average Bonchev–Trinajstić information content (AvgIpc) is 3.38. The zero-order valence-electron chi connectivity index (χ0n) is 19.6. The van der Waals surface area contributed by atoms with Crippen LogP contribution in [0.15, 0.2) is 30.6 Å². The summed E-state index contributed by atoms with van der Waals surface area (Å²) in [5.41, 5.74) is 2.68. The van der Waals surface area contributed by atoms with Crippen molar-refractivity contribution in [1.82, 2.24) is 14.5 Å². The molecule has 0 amide bonds. The summed E-state index contributed by atoms with van der Waals surface area (Å²) in [6.07, 6.45) is 0.120. The van der Waals surface area contributed by atoms with Crippen LogP contribution in [0.2, 0.25) is 0 Å². The van der Waals surface area contributed by atoms with Crippen molar-refractivity contribution < 1.29 is 23.7 Å². The molecule has 3 aromatic rings. The van der Waals surface area contributed by atoms with Crippen molar-refractivity contribution in [2.75, 3.05) is 11.9 Å². The number of nitrogens with zero attached hydrogens (tertiary/aromatic N) is 3. The maximum atomic E-state index is 11.4. The number of aromatic nitrogens is 3. The van der Waals surface area contributed by atoms with Gasteiger partial charge in [-0.25, -0.2) is 9.97 Å². The molecule has 0 aliphatic carbocycles. The number of esters is 1. The van der Waals surface area contributed by atoms with E-state index in [0.717, 1.165) is 28.5 Å². The molecule has 4 heterocycles. The van der Waals surface area contributed by atoms with Crippen LogP contribution in [0.5, 0.6) is 0 Å². The number of hydrogen-bond donors (Lipinski definition) is 1. The van der Waals surface area contributed by atoms with E-state index in [4.69, 9.17) is 28.9 Å². The number of rotatable bonds is 6. The first-order valence-electron chi connectivity index (χ1n) is 11.4. The minimum absolute atomic E-state index is 0.0949. The van der Waals surface area contributed by atoms with E-state index in [-0.39, 0.29) is 24.8 Å². The second kappa shape index (κ2) is 8.23. The molecule has 9 heteroatoms. The Morgan fingerprint density at radius 2 is 2.00 bits per heavy atom. The number of carbonyl (C=O) groups excluding carboxylic acids is 1. The van der Waals surface area contributed by atoms with Gasteiger partial charge in [-0.3, -0.25) is 4.79 Å². The topological polar surface area (TPSA) is 96.7 Å². The number of benzene rings is 1. The van der Waals surface area contributed by atoms with Crippen LogP contribution >= 0.6 is 0 Å². The zero-order chi connectivity index (χ0) is 23.3. The summed E-state index contributed by atoms with van der Waals surface area (Å²) in [6, 6.07) is 8.05. The molecule has 176 valence electrons. The second-order valence-electron chi connectivity index (χ2n) is 9.57. The summed E-state index contributed by atoms with van der Waals surface area (Å²) in [5.74, 6) is -0.0360. The Morgan fingerprint density at radius 3 is 2.76 bits per heavy atom. The van der Waals surface area contributed by atoms with Gasteiger partial charge >= 0.3 is 5.97 Å². The zero-order valence-corrected chi connectivity index (χ0v) is 19.6. The number of carbonyl (C=O) groups is 1. The van der Waals surface area contributed by atoms with Gasteiger partial charge in [-0.05, 0) is 25.8 Å². The molecule has 0 radical (unpaired) electrons. The van der Waals surface area contributed by atoms with Crippen LogP contribution in [-0.2, 0) is 30.3 Å². The molecular weight excluding hydrogens is 424 g/mol. The molecular formula is C24H30N4O5. The summed E-state index contributed by atoms with van der Waals surface area (Å²) in [7, 11) is 0. The first-order valence-corrected chi connectivity index (χ1v) is 11.4. The van der Waals surface area contributed by atoms with Crippen molar-refractivity contribution in [3.05, 3.63) is 30.6 Å². The molecule has 2 aliphatic heterocycles. The van der Waals surface area contributed by atoms with Gasteiger partial charge in [0.2, 0.25) is 0 Å². The van der Waals surface area contributed by atoms with Gasteiger partial charge in [-0.2, -0.15) is 0 Å². The fourth-order valence-electron chi connectivity index (χ4n) is 4.68. The summed E-state index contributed by atoms with van der Waals surface area (Å²) in [6.45, 7) is 10.4. The lowest BCUT2D eigenvalue weighted by molar-refractivity contribution is -0.189. The summed E-state index contributed by atoms with van der Waals surface area (Å²) in [4.78, 5) is 20.9. The van der Waals surface area contributed by atoms with Gasteiger partial charge < -0.3 is 28.8 Å². The van der Waals surface area contributed by atoms with Crippen molar-refractivity contribution in [1.29, 1.82) is 0 Å². The number of ether oxygens (including phenoxy) is 4. The maximum absolute atomic E-state index is 11.4. The Bertz CT molecular complexity index is 1190. The normalized spacial score (nSPS) is 26.2. The van der Waals surface area contributed by atoms with E-state index in [9.17, 15) is 4.79 Å². The van der Waals surface area contributed by atoms with E-state index in [1.54, 1.807) is 0 Å². The first kappa shape index (κ1) is 22.1. The fraction of sp³-hybridized carbons (Fsp3) is 0.542. The van der Waals surface area contributed by atoms with E-state index in [1.165, 1.54) is 6.92 Å². The Kier molecular flexibility index (Phi) is 5.50. The first-order chi connectivity index (χ1) is 15.7. The Hall–Kier alpha value is -2.75. The van der Waals surface area contributed by atoms with Crippen LogP contribution in [0.3, 0.4) is 0 Å². The van der Waals surface area contributed by atoms with Gasteiger partial charge in [-0.1, -0.05) is 32.0 Å². The minimum atomic E-state index is -0.765. The lowest BCUT2D eigenvalue weighted by atomic mass is 10.1. The van der Waals surface area contributed by atoms with E-state index < -0.39 is 18.1 Å². The monoisotopic (exact) mass is 454 g/mol. The standard InChI is InChI=1S/C24H30N4O5/c1-13(2)10-28-12-25-18-19(28)15-8-6-7-9-16(15)26-22(18)27-23-21-20(32-24(4,5)33-21)17(31-23)11-30-14(3)29/h6-9,12-13,17,20-21,23H,10-11H2,1-5H3,(H,26,27)/t17-,20-,21-,23?/m1/s1. The number of imidazole rings is 1. The second-order valence-corrected chi connectivity index (χ2v) is 9.57. The number of para-hydroxylation sites is 1. The van der Waals surface area contributed by atoms with Gasteiger partial charge in [-0.15, -0.1) is 0 Å². The van der Waals surface area contributed by atoms with Crippen LogP contribution < -0.4 is 5.32 Å². The highest BCUT2D eigenvalue weighted by Crippen LogP contribution is 2.40. The summed E-state index contributed by atoms with van der Waals surface area (Å²) >= 11 is 0. The van der Waals surface area contributed by atoms with Gasteiger partial charge in [0.05, 0.1) is 17.4 Å². The molecule has 2 fully saturated rings. The molecule has 2 aliphatic rings. The Morgan fingerprint density at radius 1 is 1.24 bits per heavy atom. The van der Waals surface area contributed by atoms with Gasteiger partial charge in [0.1, 0.15) is 30.4 Å². The molecule has 4 atom stereocenters. The molecule has 2 aromatic heterocycles. The largest absolute Gasteiger partial charge is 0.463 e. The van der Waals surface area contributed by atoms with Crippen LogP contribution in [0.1, 0.15) is 34.6 Å². The van der Waals surface area contributed by atoms with Crippen molar-refractivity contribution in [3.8, 4) is 0 Å². The van der Waals surface area contributed by atoms with Crippen LogP contribution in [0.4, 0.5) is 5.82 Å². The van der Waals surface area contributed by atoms with Crippen LogP contribution in [0.25, 0.3) is 21.9 Å². The highest BCUT2D eigenvalue weighted by Gasteiger charge is 2.55. The number of nitrogens with one attached hydrogen (secondary N) is 1. The quantitative estimate of drug-likeness (QED) is 0.566. The van der Waals surface area contributed by atoms with Crippen LogP contribution in [-0.4, -0.2) is 57.4 Å². The smallest absolute Gasteiger partial charge is 0.302 e. The minimum Gasteiger partial charge on any atom is -0.463 e. The van der Waals surface area contributed by atoms with Gasteiger partial charge in [0, 0.05) is 18.9 Å². The molecule has 33 heavy (non-hydrogen) atoms. The molecule has 1 N–H and O–H groups in total.